The molecule has 0 spiro atoms. The second kappa shape index (κ2) is 7.00. The maximum absolute atomic E-state index is 12.6. The van der Waals surface area contributed by atoms with Crippen LogP contribution in [0.1, 0.15) is 11.1 Å². The van der Waals surface area contributed by atoms with Gasteiger partial charge in [0.1, 0.15) is 6.10 Å². The summed E-state index contributed by atoms with van der Waals surface area (Å²) >= 11 is 0. The SMILES string of the molecule is O=C(NCc1ccccc1)N1CC(Oc2cc(C(F)(F)F)ccn2)C1. The van der Waals surface area contributed by atoms with E-state index in [-0.39, 0.29) is 18.0 Å². The lowest BCUT2D eigenvalue weighted by Gasteiger charge is -2.38. The summed E-state index contributed by atoms with van der Waals surface area (Å²) in [5, 5.41) is 2.78. The molecule has 2 amide bonds. The van der Waals surface area contributed by atoms with Crippen molar-refractivity contribution in [2.45, 2.75) is 18.8 Å². The number of benzene rings is 1. The van der Waals surface area contributed by atoms with E-state index in [1.54, 1.807) is 0 Å². The molecule has 132 valence electrons. The van der Waals surface area contributed by atoms with Gasteiger partial charge in [-0.3, -0.25) is 0 Å². The summed E-state index contributed by atoms with van der Waals surface area (Å²) in [6.07, 6.45) is -3.75. The zero-order valence-corrected chi connectivity index (χ0v) is 13.2. The first-order valence-corrected chi connectivity index (χ1v) is 7.68. The monoisotopic (exact) mass is 351 g/mol. The second-order valence-corrected chi connectivity index (χ2v) is 5.67. The van der Waals surface area contributed by atoms with Crippen molar-refractivity contribution < 1.29 is 22.7 Å². The number of likely N-dealkylation sites (tertiary alicyclic amines) is 1. The molecule has 8 heteroatoms. The van der Waals surface area contributed by atoms with E-state index in [1.807, 2.05) is 30.3 Å². The van der Waals surface area contributed by atoms with Crippen LogP contribution in [0.2, 0.25) is 0 Å². The first-order valence-electron chi connectivity index (χ1n) is 7.68. The Morgan fingerprint density at radius 3 is 2.64 bits per heavy atom. The first kappa shape index (κ1) is 17.1. The number of nitrogens with one attached hydrogen (secondary N) is 1. The molecule has 0 atom stereocenters. The fourth-order valence-electron chi connectivity index (χ4n) is 2.38. The Hall–Kier alpha value is -2.77. The first-order chi connectivity index (χ1) is 11.9. The molecule has 3 rings (SSSR count). The van der Waals surface area contributed by atoms with Gasteiger partial charge in [-0.15, -0.1) is 0 Å². The molecule has 1 N–H and O–H groups in total. The van der Waals surface area contributed by atoms with Crippen LogP contribution in [0.4, 0.5) is 18.0 Å². The topological polar surface area (TPSA) is 54.5 Å². The average Bonchev–Trinajstić information content (AvgIpc) is 2.56. The molecule has 1 saturated heterocycles. The number of aromatic nitrogens is 1. The number of rotatable bonds is 4. The van der Waals surface area contributed by atoms with Gasteiger partial charge in [0.25, 0.3) is 0 Å². The molecule has 1 aliphatic rings. The molecule has 1 aromatic heterocycles. The lowest BCUT2D eigenvalue weighted by Crippen LogP contribution is -2.58. The van der Waals surface area contributed by atoms with Crippen molar-refractivity contribution in [3.05, 3.63) is 59.8 Å². The number of carbonyl (C=O) groups excluding carboxylic acids is 1. The van der Waals surface area contributed by atoms with Gasteiger partial charge < -0.3 is 15.0 Å². The van der Waals surface area contributed by atoms with Gasteiger partial charge in [0.05, 0.1) is 18.7 Å². The third-order valence-corrected chi connectivity index (χ3v) is 3.77. The van der Waals surface area contributed by atoms with Gasteiger partial charge in [0, 0.05) is 18.8 Å². The van der Waals surface area contributed by atoms with Gasteiger partial charge >= 0.3 is 12.2 Å². The predicted molar refractivity (Wildman–Crippen MR) is 83.9 cm³/mol. The minimum absolute atomic E-state index is 0.0934. The van der Waals surface area contributed by atoms with Crippen LogP contribution < -0.4 is 10.1 Å². The number of nitrogens with zero attached hydrogens (tertiary/aromatic N) is 2. The molecular weight excluding hydrogens is 335 g/mol. The Bertz CT molecular complexity index is 731. The minimum Gasteiger partial charge on any atom is -0.471 e. The third kappa shape index (κ3) is 4.40. The number of hydrogen-bond donors (Lipinski definition) is 1. The zero-order valence-electron chi connectivity index (χ0n) is 13.2. The second-order valence-electron chi connectivity index (χ2n) is 5.67. The highest BCUT2D eigenvalue weighted by atomic mass is 19.4. The van der Waals surface area contributed by atoms with Crippen molar-refractivity contribution in [3.8, 4) is 5.88 Å². The molecule has 0 unspecified atom stereocenters. The molecule has 1 aliphatic heterocycles. The fourth-order valence-corrected chi connectivity index (χ4v) is 2.38. The number of hydrogen-bond acceptors (Lipinski definition) is 3. The fraction of sp³-hybridized carbons (Fsp3) is 0.294. The van der Waals surface area contributed by atoms with E-state index in [0.29, 0.717) is 19.6 Å². The highest BCUT2D eigenvalue weighted by molar-refractivity contribution is 5.75. The lowest BCUT2D eigenvalue weighted by molar-refractivity contribution is -0.137. The number of alkyl halides is 3. The van der Waals surface area contributed by atoms with Crippen LogP contribution in [0, 0.1) is 0 Å². The standard InChI is InChI=1S/C17H16F3N3O2/c18-17(19,20)13-6-7-21-15(8-13)25-14-10-23(11-14)16(24)22-9-12-4-2-1-3-5-12/h1-8,14H,9-11H2,(H,22,24). The molecule has 1 aromatic carbocycles. The van der Waals surface area contributed by atoms with Crippen molar-refractivity contribution in [2.24, 2.45) is 0 Å². The normalized spacial score (nSPS) is 14.8. The van der Waals surface area contributed by atoms with Crippen LogP contribution in [-0.2, 0) is 12.7 Å². The molecule has 25 heavy (non-hydrogen) atoms. The number of pyridine rings is 1. The van der Waals surface area contributed by atoms with E-state index < -0.39 is 11.7 Å². The summed E-state index contributed by atoms with van der Waals surface area (Å²) in [6, 6.07) is 11.0. The van der Waals surface area contributed by atoms with Crippen molar-refractivity contribution in [3.63, 3.8) is 0 Å². The quantitative estimate of drug-likeness (QED) is 0.921. The van der Waals surface area contributed by atoms with E-state index in [1.165, 1.54) is 4.90 Å². The molecule has 0 bridgehead atoms. The van der Waals surface area contributed by atoms with Crippen LogP contribution in [0.25, 0.3) is 0 Å². The Morgan fingerprint density at radius 2 is 1.96 bits per heavy atom. The number of halogens is 3. The Labute approximate surface area is 142 Å². The van der Waals surface area contributed by atoms with E-state index in [4.69, 9.17) is 4.74 Å². The van der Waals surface area contributed by atoms with Crippen LogP contribution >= 0.6 is 0 Å². The molecule has 0 aliphatic carbocycles. The Morgan fingerprint density at radius 1 is 1.24 bits per heavy atom. The summed E-state index contributed by atoms with van der Waals surface area (Å²) in [5.41, 5.74) is 0.173. The van der Waals surface area contributed by atoms with Gasteiger partial charge in [0.15, 0.2) is 0 Å². The van der Waals surface area contributed by atoms with Crippen molar-refractivity contribution in [1.82, 2.24) is 15.2 Å². The summed E-state index contributed by atoms with van der Waals surface area (Å²) in [4.78, 5) is 17.3. The van der Waals surface area contributed by atoms with Crippen LogP contribution in [0.5, 0.6) is 5.88 Å². The third-order valence-electron chi connectivity index (χ3n) is 3.77. The van der Waals surface area contributed by atoms with Gasteiger partial charge in [-0.2, -0.15) is 13.2 Å². The van der Waals surface area contributed by atoms with E-state index in [0.717, 1.165) is 23.9 Å². The van der Waals surface area contributed by atoms with E-state index in [9.17, 15) is 18.0 Å². The summed E-state index contributed by atoms with van der Waals surface area (Å²) in [5.74, 6) is -0.0934. The zero-order chi connectivity index (χ0) is 17.9. The van der Waals surface area contributed by atoms with Crippen molar-refractivity contribution >= 4 is 6.03 Å². The van der Waals surface area contributed by atoms with Crippen molar-refractivity contribution in [1.29, 1.82) is 0 Å². The Balaban J connectivity index is 1.46. The number of ether oxygens (including phenoxy) is 1. The van der Waals surface area contributed by atoms with Gasteiger partial charge in [0.2, 0.25) is 5.88 Å². The van der Waals surface area contributed by atoms with Crippen LogP contribution in [0.3, 0.4) is 0 Å². The Kier molecular flexibility index (Phi) is 4.78. The number of urea groups is 1. The number of amides is 2. The molecule has 2 heterocycles. The van der Waals surface area contributed by atoms with Gasteiger partial charge in [-0.05, 0) is 11.6 Å². The molecule has 5 nitrogen and oxygen atoms in total. The summed E-state index contributed by atoms with van der Waals surface area (Å²) in [7, 11) is 0. The highest BCUT2D eigenvalue weighted by Crippen LogP contribution is 2.30. The predicted octanol–water partition coefficient (Wildman–Crippen LogP) is 3.07. The largest absolute Gasteiger partial charge is 0.471 e. The molecule has 1 fully saturated rings. The van der Waals surface area contributed by atoms with Crippen molar-refractivity contribution in [2.75, 3.05) is 13.1 Å². The van der Waals surface area contributed by atoms with Crippen LogP contribution in [-0.4, -0.2) is 35.1 Å². The molecule has 2 aromatic rings. The minimum atomic E-state index is -4.44. The van der Waals surface area contributed by atoms with Gasteiger partial charge in [-0.25, -0.2) is 9.78 Å². The van der Waals surface area contributed by atoms with Crippen LogP contribution in [0.15, 0.2) is 48.7 Å². The summed E-state index contributed by atoms with van der Waals surface area (Å²) < 4.78 is 43.3. The molecule has 0 radical (unpaired) electrons. The highest BCUT2D eigenvalue weighted by Gasteiger charge is 2.34. The maximum atomic E-state index is 12.6. The number of carbonyl (C=O) groups is 1. The summed E-state index contributed by atoms with van der Waals surface area (Å²) in [6.45, 7) is 1.02. The average molecular weight is 351 g/mol. The molecule has 0 saturated carbocycles. The van der Waals surface area contributed by atoms with E-state index >= 15 is 0 Å². The van der Waals surface area contributed by atoms with E-state index in [2.05, 4.69) is 10.3 Å². The maximum Gasteiger partial charge on any atom is 0.416 e. The molecular formula is C17H16F3N3O2. The lowest BCUT2D eigenvalue weighted by atomic mass is 10.2. The smallest absolute Gasteiger partial charge is 0.416 e. The van der Waals surface area contributed by atoms with Gasteiger partial charge in [-0.1, -0.05) is 30.3 Å².